The summed E-state index contributed by atoms with van der Waals surface area (Å²) in [6, 6.07) is 0. The lowest BCUT2D eigenvalue weighted by atomic mass is 10.6. The Balaban J connectivity index is 3.62. The van der Waals surface area contributed by atoms with Gasteiger partial charge < -0.3 is 9.84 Å². The molecule has 1 amide bonds. The van der Waals surface area contributed by atoms with Gasteiger partial charge in [-0.3, -0.25) is 9.36 Å². The molecule has 1 N–H and O–H groups in total. The van der Waals surface area contributed by atoms with Gasteiger partial charge >= 0.3 is 5.77 Å². The van der Waals surface area contributed by atoms with E-state index >= 15 is 0 Å². The molecule has 0 heterocycles. The van der Waals surface area contributed by atoms with Crippen molar-refractivity contribution in [3.63, 3.8) is 0 Å². The van der Waals surface area contributed by atoms with Crippen LogP contribution in [0.3, 0.4) is 0 Å². The summed E-state index contributed by atoms with van der Waals surface area (Å²) in [5, 5.41) is 2.62. The van der Waals surface area contributed by atoms with Crippen LogP contribution in [-0.4, -0.2) is 31.6 Å². The van der Waals surface area contributed by atoms with Gasteiger partial charge in [0.05, 0.1) is 0 Å². The van der Waals surface area contributed by atoms with E-state index in [2.05, 4.69) is 5.32 Å². The van der Waals surface area contributed by atoms with Crippen molar-refractivity contribution in [3.05, 3.63) is 0 Å². The molecule has 13 heavy (non-hydrogen) atoms. The maximum absolute atomic E-state index is 11.6. The summed E-state index contributed by atoms with van der Waals surface area (Å²) in [6.45, 7) is 1.98. The highest BCUT2D eigenvalue weighted by Crippen LogP contribution is 2.68. The predicted molar refractivity (Wildman–Crippen MR) is 59.3 cm³/mol. The highest BCUT2D eigenvalue weighted by Gasteiger charge is 2.19. The highest BCUT2D eigenvalue weighted by molar-refractivity contribution is 8.89. The molecule has 1 atom stereocenters. The molecule has 0 saturated heterocycles. The van der Waals surface area contributed by atoms with Crippen LogP contribution in [0.15, 0.2) is 0 Å². The zero-order chi connectivity index (χ0) is 10.3. The van der Waals surface area contributed by atoms with Crippen molar-refractivity contribution in [1.29, 1.82) is 0 Å². The average Bonchev–Trinajstić information content (AvgIpc) is 2.12. The van der Waals surface area contributed by atoms with E-state index in [4.69, 9.17) is 4.52 Å². The van der Waals surface area contributed by atoms with Crippen LogP contribution in [0.1, 0.15) is 6.92 Å². The van der Waals surface area contributed by atoms with E-state index in [1.54, 1.807) is 6.26 Å². The van der Waals surface area contributed by atoms with E-state index in [0.717, 1.165) is 0 Å². The molecule has 0 rings (SSSR count). The number of carbonyl (C=O) groups is 1. The van der Waals surface area contributed by atoms with Crippen LogP contribution in [0.4, 0.5) is 0 Å². The zero-order valence-electron chi connectivity index (χ0n) is 7.90. The third-order valence-electron chi connectivity index (χ3n) is 1.17. The summed E-state index contributed by atoms with van der Waals surface area (Å²) in [5.41, 5.74) is 0. The van der Waals surface area contributed by atoms with Gasteiger partial charge in [-0.25, -0.2) is 0 Å². The zero-order valence-corrected chi connectivity index (χ0v) is 10.4. The van der Waals surface area contributed by atoms with Crippen molar-refractivity contribution in [2.45, 2.75) is 6.92 Å². The molecule has 0 bridgehead atoms. The SMILES string of the molecule is COP(=O)(SC)SCCNC(C)=O. The first-order chi connectivity index (χ1) is 6.04. The fourth-order valence-corrected chi connectivity index (χ4v) is 4.99. The molecule has 7 heteroatoms. The van der Waals surface area contributed by atoms with Gasteiger partial charge in [-0.15, -0.1) is 0 Å². The third kappa shape index (κ3) is 6.43. The van der Waals surface area contributed by atoms with Crippen LogP contribution in [0.2, 0.25) is 0 Å². The average molecular weight is 243 g/mol. The summed E-state index contributed by atoms with van der Waals surface area (Å²) in [7, 11) is 1.43. The minimum Gasteiger partial charge on any atom is -0.356 e. The van der Waals surface area contributed by atoms with Crippen molar-refractivity contribution in [1.82, 2.24) is 5.32 Å². The summed E-state index contributed by atoms with van der Waals surface area (Å²) < 4.78 is 16.4. The van der Waals surface area contributed by atoms with Gasteiger partial charge in [0.2, 0.25) is 5.91 Å². The van der Waals surface area contributed by atoms with Crippen LogP contribution in [0.5, 0.6) is 0 Å². The smallest absolute Gasteiger partial charge is 0.312 e. The summed E-state index contributed by atoms with van der Waals surface area (Å²) in [6.07, 6.45) is 1.75. The van der Waals surface area contributed by atoms with Gasteiger partial charge in [0, 0.05) is 26.3 Å². The Hall–Kier alpha value is 0.360. The molecule has 0 aliphatic rings. The quantitative estimate of drug-likeness (QED) is 0.571. The normalized spacial score (nSPS) is 15.0. The molecule has 4 nitrogen and oxygen atoms in total. The molecule has 78 valence electrons. The monoisotopic (exact) mass is 243 g/mol. The molecule has 0 saturated carbocycles. The highest BCUT2D eigenvalue weighted by atomic mass is 33.1. The van der Waals surface area contributed by atoms with Gasteiger partial charge in [0.1, 0.15) is 0 Å². The molecule has 1 unspecified atom stereocenters. The molecule has 0 fully saturated rings. The number of rotatable bonds is 6. The topological polar surface area (TPSA) is 55.4 Å². The van der Waals surface area contributed by atoms with Gasteiger partial charge in [-0.05, 0) is 6.26 Å². The van der Waals surface area contributed by atoms with Crippen LogP contribution in [-0.2, 0) is 13.9 Å². The molecule has 0 spiro atoms. The molecular weight excluding hydrogens is 229 g/mol. The first-order valence-corrected chi connectivity index (χ1v) is 8.69. The minimum atomic E-state index is -2.56. The van der Waals surface area contributed by atoms with Crippen molar-refractivity contribution < 1.29 is 13.9 Å². The predicted octanol–water partition coefficient (Wildman–Crippen LogP) is 1.97. The number of hydrogen-bond donors (Lipinski definition) is 1. The van der Waals surface area contributed by atoms with Gasteiger partial charge in [0.15, 0.2) is 0 Å². The Kier molecular flexibility index (Phi) is 6.95. The molecule has 0 aliphatic heterocycles. The maximum Gasteiger partial charge on any atom is 0.312 e. The van der Waals surface area contributed by atoms with E-state index in [1.807, 2.05) is 0 Å². The lowest BCUT2D eigenvalue weighted by Gasteiger charge is -2.11. The first kappa shape index (κ1) is 13.4. The van der Waals surface area contributed by atoms with E-state index in [-0.39, 0.29) is 5.91 Å². The van der Waals surface area contributed by atoms with Crippen LogP contribution < -0.4 is 5.32 Å². The number of hydrogen-bond acceptors (Lipinski definition) is 5. The standard InChI is InChI=1S/C6H14NO3PS2/c1-6(8)7-4-5-13-11(9,10-2)12-3/h4-5H2,1-3H3,(H,7,8). The van der Waals surface area contributed by atoms with Gasteiger partial charge in [0.25, 0.3) is 0 Å². The molecule has 0 aromatic carbocycles. The maximum atomic E-state index is 11.6. The number of amides is 1. The van der Waals surface area contributed by atoms with E-state index in [0.29, 0.717) is 12.3 Å². The molecule has 0 aromatic heterocycles. The van der Waals surface area contributed by atoms with Gasteiger partial charge in [-0.1, -0.05) is 22.8 Å². The lowest BCUT2D eigenvalue weighted by molar-refractivity contribution is -0.118. The molecule has 0 aliphatic carbocycles. The van der Waals surface area contributed by atoms with Crippen LogP contribution >= 0.6 is 28.5 Å². The molecule has 0 aromatic rings. The fourth-order valence-electron chi connectivity index (χ4n) is 0.564. The third-order valence-corrected chi connectivity index (χ3v) is 8.79. The fraction of sp³-hybridized carbons (Fsp3) is 0.833. The Labute approximate surface area is 86.5 Å². The van der Waals surface area contributed by atoms with E-state index in [1.165, 1.54) is 36.8 Å². The number of carbonyl (C=O) groups excluding carboxylic acids is 1. The Morgan fingerprint density at radius 1 is 1.62 bits per heavy atom. The summed E-state index contributed by atoms with van der Waals surface area (Å²) in [5.74, 6) is -2.03. The first-order valence-electron chi connectivity index (χ1n) is 3.64. The van der Waals surface area contributed by atoms with Gasteiger partial charge in [-0.2, -0.15) is 0 Å². The Morgan fingerprint density at radius 2 is 2.23 bits per heavy atom. The second kappa shape index (κ2) is 6.76. The second-order valence-corrected chi connectivity index (χ2v) is 9.87. The van der Waals surface area contributed by atoms with Crippen molar-refractivity contribution in [3.8, 4) is 0 Å². The summed E-state index contributed by atoms with van der Waals surface area (Å²) >= 11 is 2.46. The van der Waals surface area contributed by atoms with Crippen LogP contribution in [0.25, 0.3) is 0 Å². The van der Waals surface area contributed by atoms with Crippen LogP contribution in [0, 0.1) is 0 Å². The Bertz CT molecular complexity index is 204. The largest absolute Gasteiger partial charge is 0.356 e. The Morgan fingerprint density at radius 3 is 2.62 bits per heavy atom. The number of nitrogens with one attached hydrogen (secondary N) is 1. The lowest BCUT2D eigenvalue weighted by Crippen LogP contribution is -2.22. The van der Waals surface area contributed by atoms with E-state index in [9.17, 15) is 9.36 Å². The molecule has 0 radical (unpaired) electrons. The van der Waals surface area contributed by atoms with Crippen molar-refractivity contribution in [2.24, 2.45) is 0 Å². The molecular formula is C6H14NO3PS2. The van der Waals surface area contributed by atoms with Crippen molar-refractivity contribution >= 4 is 34.4 Å². The van der Waals surface area contributed by atoms with E-state index < -0.39 is 5.77 Å². The second-order valence-electron chi connectivity index (χ2n) is 2.13. The van der Waals surface area contributed by atoms with Crippen molar-refractivity contribution in [2.75, 3.05) is 25.7 Å². The minimum absolute atomic E-state index is 0.0722. The summed E-state index contributed by atoms with van der Waals surface area (Å²) in [4.78, 5) is 10.5.